The van der Waals surface area contributed by atoms with Crippen LogP contribution in [0.4, 0.5) is 0 Å². The van der Waals surface area contributed by atoms with Crippen molar-refractivity contribution in [3.63, 3.8) is 0 Å². The molecule has 0 saturated heterocycles. The lowest BCUT2D eigenvalue weighted by atomic mass is 9.96. The highest BCUT2D eigenvalue weighted by Gasteiger charge is 2.12. The second-order valence-corrected chi connectivity index (χ2v) is 5.09. The predicted molar refractivity (Wildman–Crippen MR) is 62.5 cm³/mol. The molecule has 0 bridgehead atoms. The van der Waals surface area contributed by atoms with Gasteiger partial charge in [-0.1, -0.05) is 26.7 Å². The van der Waals surface area contributed by atoms with E-state index in [9.17, 15) is 0 Å². The first-order valence-corrected chi connectivity index (χ1v) is 6.19. The van der Waals surface area contributed by atoms with Gasteiger partial charge in [-0.25, -0.2) is 4.98 Å². The summed E-state index contributed by atoms with van der Waals surface area (Å²) in [5.74, 6) is 0.706. The Kier molecular flexibility index (Phi) is 4.55. The molecule has 2 N–H and O–H groups in total. The van der Waals surface area contributed by atoms with Crippen molar-refractivity contribution in [2.75, 3.05) is 0 Å². The molecule has 1 heterocycles. The first kappa shape index (κ1) is 11.7. The standard InChI is InChI=1S/C11H20N2S/c1-4-5-8(2)6-10(12)11-7-14-9(3)13-11/h7-8,10H,4-6,12H2,1-3H3. The number of aryl methyl sites for hydroxylation is 1. The van der Waals surface area contributed by atoms with Crippen LogP contribution in [-0.4, -0.2) is 4.98 Å². The fourth-order valence-electron chi connectivity index (χ4n) is 1.72. The Morgan fingerprint density at radius 3 is 2.79 bits per heavy atom. The minimum Gasteiger partial charge on any atom is -0.323 e. The fraction of sp³-hybridized carbons (Fsp3) is 0.727. The maximum atomic E-state index is 6.08. The van der Waals surface area contributed by atoms with E-state index in [1.54, 1.807) is 11.3 Å². The highest BCUT2D eigenvalue weighted by atomic mass is 32.1. The topological polar surface area (TPSA) is 38.9 Å². The normalized spacial score (nSPS) is 15.4. The van der Waals surface area contributed by atoms with Gasteiger partial charge in [0.05, 0.1) is 10.7 Å². The van der Waals surface area contributed by atoms with Crippen LogP contribution in [-0.2, 0) is 0 Å². The van der Waals surface area contributed by atoms with Gasteiger partial charge in [0.25, 0.3) is 0 Å². The van der Waals surface area contributed by atoms with Crippen molar-refractivity contribution in [1.29, 1.82) is 0 Å². The molecule has 0 spiro atoms. The first-order valence-electron chi connectivity index (χ1n) is 5.31. The van der Waals surface area contributed by atoms with Crippen LogP contribution in [0.15, 0.2) is 5.38 Å². The maximum absolute atomic E-state index is 6.08. The van der Waals surface area contributed by atoms with E-state index in [-0.39, 0.29) is 6.04 Å². The summed E-state index contributed by atoms with van der Waals surface area (Å²) in [5, 5.41) is 3.19. The van der Waals surface area contributed by atoms with Gasteiger partial charge < -0.3 is 5.73 Å². The van der Waals surface area contributed by atoms with E-state index in [0.29, 0.717) is 5.92 Å². The van der Waals surface area contributed by atoms with E-state index in [0.717, 1.165) is 17.1 Å². The molecule has 0 fully saturated rings. The van der Waals surface area contributed by atoms with E-state index in [2.05, 4.69) is 24.2 Å². The highest BCUT2D eigenvalue weighted by Crippen LogP contribution is 2.22. The van der Waals surface area contributed by atoms with Gasteiger partial charge in [0.2, 0.25) is 0 Å². The Bertz CT molecular complexity index is 270. The lowest BCUT2D eigenvalue weighted by Crippen LogP contribution is -2.14. The molecule has 2 atom stereocenters. The van der Waals surface area contributed by atoms with Gasteiger partial charge in [-0.3, -0.25) is 0 Å². The van der Waals surface area contributed by atoms with E-state index in [4.69, 9.17) is 5.73 Å². The monoisotopic (exact) mass is 212 g/mol. The molecule has 1 aromatic rings. The van der Waals surface area contributed by atoms with Crippen molar-refractivity contribution in [2.45, 2.75) is 46.1 Å². The number of rotatable bonds is 5. The van der Waals surface area contributed by atoms with E-state index >= 15 is 0 Å². The minimum absolute atomic E-state index is 0.126. The smallest absolute Gasteiger partial charge is 0.0898 e. The molecular weight excluding hydrogens is 192 g/mol. The molecule has 0 saturated carbocycles. The third kappa shape index (κ3) is 3.39. The molecule has 0 amide bonds. The van der Waals surface area contributed by atoms with Crippen LogP contribution >= 0.6 is 11.3 Å². The molecule has 0 aliphatic heterocycles. The summed E-state index contributed by atoms with van der Waals surface area (Å²) in [7, 11) is 0. The van der Waals surface area contributed by atoms with Crippen LogP contribution in [0.1, 0.15) is 49.9 Å². The number of nitrogens with two attached hydrogens (primary N) is 1. The van der Waals surface area contributed by atoms with Gasteiger partial charge in [0.1, 0.15) is 0 Å². The fourth-order valence-corrected chi connectivity index (χ4v) is 2.39. The van der Waals surface area contributed by atoms with Gasteiger partial charge >= 0.3 is 0 Å². The molecule has 14 heavy (non-hydrogen) atoms. The summed E-state index contributed by atoms with van der Waals surface area (Å²) in [6, 6.07) is 0.126. The average molecular weight is 212 g/mol. The van der Waals surface area contributed by atoms with Gasteiger partial charge in [-0.05, 0) is 19.3 Å². The van der Waals surface area contributed by atoms with Crippen LogP contribution < -0.4 is 5.73 Å². The van der Waals surface area contributed by atoms with Crippen LogP contribution in [0.25, 0.3) is 0 Å². The Morgan fingerprint density at radius 2 is 2.29 bits per heavy atom. The van der Waals surface area contributed by atoms with Crippen molar-refractivity contribution in [3.05, 3.63) is 16.1 Å². The van der Waals surface area contributed by atoms with E-state index in [1.807, 2.05) is 6.92 Å². The van der Waals surface area contributed by atoms with E-state index in [1.165, 1.54) is 12.8 Å². The molecule has 0 radical (unpaired) electrons. The number of hydrogen-bond donors (Lipinski definition) is 1. The summed E-state index contributed by atoms with van der Waals surface area (Å²) in [5.41, 5.74) is 7.15. The number of aromatic nitrogens is 1. The molecule has 80 valence electrons. The Labute approximate surface area is 90.6 Å². The summed E-state index contributed by atoms with van der Waals surface area (Å²) >= 11 is 1.68. The van der Waals surface area contributed by atoms with Crippen LogP contribution in [0.3, 0.4) is 0 Å². The third-order valence-corrected chi connectivity index (χ3v) is 3.25. The zero-order chi connectivity index (χ0) is 10.6. The summed E-state index contributed by atoms with van der Waals surface area (Å²) in [6.07, 6.45) is 3.55. The molecule has 0 aliphatic rings. The largest absolute Gasteiger partial charge is 0.323 e. The molecule has 3 heteroatoms. The van der Waals surface area contributed by atoms with Crippen molar-refractivity contribution < 1.29 is 0 Å². The number of thiazole rings is 1. The van der Waals surface area contributed by atoms with Crippen LogP contribution in [0.2, 0.25) is 0 Å². The van der Waals surface area contributed by atoms with E-state index < -0.39 is 0 Å². The van der Waals surface area contributed by atoms with Gasteiger partial charge in [0, 0.05) is 11.4 Å². The van der Waals surface area contributed by atoms with Gasteiger partial charge in [-0.2, -0.15) is 0 Å². The molecule has 0 aromatic carbocycles. The van der Waals surface area contributed by atoms with Crippen LogP contribution in [0.5, 0.6) is 0 Å². The molecule has 1 rings (SSSR count). The SMILES string of the molecule is CCCC(C)CC(N)c1csc(C)n1. The van der Waals surface area contributed by atoms with Gasteiger partial charge in [-0.15, -0.1) is 11.3 Å². The Morgan fingerprint density at radius 1 is 1.57 bits per heavy atom. The zero-order valence-electron chi connectivity index (χ0n) is 9.29. The molecule has 0 aliphatic carbocycles. The molecule has 1 aromatic heterocycles. The van der Waals surface area contributed by atoms with Crippen molar-refractivity contribution in [3.8, 4) is 0 Å². The van der Waals surface area contributed by atoms with Crippen LogP contribution in [0, 0.1) is 12.8 Å². The Hall–Kier alpha value is -0.410. The zero-order valence-corrected chi connectivity index (χ0v) is 10.1. The van der Waals surface area contributed by atoms with Crippen molar-refractivity contribution >= 4 is 11.3 Å². The lowest BCUT2D eigenvalue weighted by molar-refractivity contribution is 0.436. The number of nitrogens with zero attached hydrogens (tertiary/aromatic N) is 1. The molecular formula is C11H20N2S. The molecule has 2 nitrogen and oxygen atoms in total. The third-order valence-electron chi connectivity index (χ3n) is 2.45. The maximum Gasteiger partial charge on any atom is 0.0898 e. The van der Waals surface area contributed by atoms with Gasteiger partial charge in [0.15, 0.2) is 0 Å². The quantitative estimate of drug-likeness (QED) is 0.813. The first-order chi connectivity index (χ1) is 6.63. The highest BCUT2D eigenvalue weighted by molar-refractivity contribution is 7.09. The Balaban J connectivity index is 2.45. The summed E-state index contributed by atoms with van der Waals surface area (Å²) in [4.78, 5) is 4.42. The predicted octanol–water partition coefficient (Wildman–Crippen LogP) is 3.28. The summed E-state index contributed by atoms with van der Waals surface area (Å²) < 4.78 is 0. The van der Waals surface area contributed by atoms with Crippen molar-refractivity contribution in [2.24, 2.45) is 11.7 Å². The minimum atomic E-state index is 0.126. The second kappa shape index (κ2) is 5.47. The molecule has 2 unspecified atom stereocenters. The lowest BCUT2D eigenvalue weighted by Gasteiger charge is -2.14. The van der Waals surface area contributed by atoms with Crippen molar-refractivity contribution in [1.82, 2.24) is 4.98 Å². The average Bonchev–Trinajstić information content (AvgIpc) is 2.52. The number of hydrogen-bond acceptors (Lipinski definition) is 3. The summed E-state index contributed by atoms with van der Waals surface area (Å²) in [6.45, 7) is 6.51. The second-order valence-electron chi connectivity index (χ2n) is 4.03.